The second-order valence-corrected chi connectivity index (χ2v) is 7.40. The maximum absolute atomic E-state index is 5.79. The van der Waals surface area contributed by atoms with Gasteiger partial charge < -0.3 is 4.74 Å². The Hall–Kier alpha value is 0.0500. The molecule has 1 saturated heterocycles. The van der Waals surface area contributed by atoms with Crippen molar-refractivity contribution < 1.29 is 4.74 Å². The van der Waals surface area contributed by atoms with E-state index in [1.807, 2.05) is 0 Å². The molecule has 0 aliphatic carbocycles. The standard InChI is InChI=1S/C19H36OS/c1-3-5-7-9-10-12-18-16-21-17-19(18)13-15-20-14-11-8-6-4-2/h6,8,18-19H,3-5,7,9-17H2,1-2H3. The predicted molar refractivity (Wildman–Crippen MR) is 97.2 cm³/mol. The quantitative estimate of drug-likeness (QED) is 0.301. The van der Waals surface area contributed by atoms with Crippen molar-refractivity contribution in [3.8, 4) is 0 Å². The van der Waals surface area contributed by atoms with E-state index in [2.05, 4.69) is 37.8 Å². The normalized spacial score (nSPS) is 22.4. The summed E-state index contributed by atoms with van der Waals surface area (Å²) in [6, 6.07) is 0. The first kappa shape index (κ1) is 19.1. The van der Waals surface area contributed by atoms with Gasteiger partial charge >= 0.3 is 0 Å². The number of allylic oxidation sites excluding steroid dienone is 1. The van der Waals surface area contributed by atoms with Gasteiger partial charge in [-0.05, 0) is 49.0 Å². The molecule has 0 spiro atoms. The highest BCUT2D eigenvalue weighted by atomic mass is 32.2. The lowest BCUT2D eigenvalue weighted by Gasteiger charge is -2.18. The van der Waals surface area contributed by atoms with Gasteiger partial charge in [-0.3, -0.25) is 0 Å². The van der Waals surface area contributed by atoms with E-state index in [9.17, 15) is 0 Å². The molecule has 124 valence electrons. The van der Waals surface area contributed by atoms with Gasteiger partial charge in [-0.15, -0.1) is 0 Å². The summed E-state index contributed by atoms with van der Waals surface area (Å²) in [5.41, 5.74) is 0. The lowest BCUT2D eigenvalue weighted by atomic mass is 9.88. The zero-order valence-electron chi connectivity index (χ0n) is 14.3. The van der Waals surface area contributed by atoms with E-state index in [-0.39, 0.29) is 0 Å². The number of unbranched alkanes of at least 4 members (excludes halogenated alkanes) is 4. The third-order valence-corrected chi connectivity index (χ3v) is 5.80. The monoisotopic (exact) mass is 312 g/mol. The maximum Gasteiger partial charge on any atom is 0.0500 e. The van der Waals surface area contributed by atoms with Gasteiger partial charge in [-0.2, -0.15) is 11.8 Å². The first-order valence-electron chi connectivity index (χ1n) is 9.19. The number of ether oxygens (including phenoxy) is 1. The molecule has 0 amide bonds. The van der Waals surface area contributed by atoms with E-state index in [1.165, 1.54) is 56.5 Å². The minimum absolute atomic E-state index is 0.901. The van der Waals surface area contributed by atoms with Gasteiger partial charge in [0.2, 0.25) is 0 Å². The van der Waals surface area contributed by atoms with Crippen LogP contribution in [0.4, 0.5) is 0 Å². The molecule has 21 heavy (non-hydrogen) atoms. The molecule has 2 heteroatoms. The molecule has 1 aliphatic rings. The highest BCUT2D eigenvalue weighted by Crippen LogP contribution is 2.35. The summed E-state index contributed by atoms with van der Waals surface area (Å²) in [5, 5.41) is 0. The first-order chi connectivity index (χ1) is 10.4. The average molecular weight is 313 g/mol. The lowest BCUT2D eigenvalue weighted by molar-refractivity contribution is 0.119. The van der Waals surface area contributed by atoms with Crippen molar-refractivity contribution in [3.63, 3.8) is 0 Å². The van der Waals surface area contributed by atoms with E-state index in [0.29, 0.717) is 0 Å². The largest absolute Gasteiger partial charge is 0.381 e. The van der Waals surface area contributed by atoms with Crippen LogP contribution in [0, 0.1) is 11.8 Å². The van der Waals surface area contributed by atoms with Crippen LogP contribution in [0.25, 0.3) is 0 Å². The summed E-state index contributed by atoms with van der Waals surface area (Å²) in [4.78, 5) is 0. The molecule has 1 fully saturated rings. The Labute approximate surface area is 137 Å². The summed E-state index contributed by atoms with van der Waals surface area (Å²) in [7, 11) is 0. The van der Waals surface area contributed by atoms with Crippen LogP contribution < -0.4 is 0 Å². The highest BCUT2D eigenvalue weighted by molar-refractivity contribution is 7.99. The topological polar surface area (TPSA) is 9.23 Å². The van der Waals surface area contributed by atoms with Crippen LogP contribution in [0.15, 0.2) is 12.2 Å². The van der Waals surface area contributed by atoms with E-state index in [0.717, 1.165) is 37.9 Å². The van der Waals surface area contributed by atoms with E-state index >= 15 is 0 Å². The fourth-order valence-electron chi connectivity index (χ4n) is 3.06. The van der Waals surface area contributed by atoms with Crippen LogP contribution in [-0.2, 0) is 4.74 Å². The SMILES string of the molecule is CCC=CCCOCCC1CSCC1CCCCCCC. The summed E-state index contributed by atoms with van der Waals surface area (Å²) in [6.45, 7) is 6.34. The molecule has 0 aromatic heterocycles. The van der Waals surface area contributed by atoms with Crippen LogP contribution >= 0.6 is 11.8 Å². The molecule has 0 aromatic rings. The number of hydrogen-bond donors (Lipinski definition) is 0. The molecule has 0 saturated carbocycles. The van der Waals surface area contributed by atoms with Crippen molar-refractivity contribution in [3.05, 3.63) is 12.2 Å². The Morgan fingerprint density at radius 2 is 1.67 bits per heavy atom. The maximum atomic E-state index is 5.79. The van der Waals surface area contributed by atoms with Gasteiger partial charge in [0.25, 0.3) is 0 Å². The van der Waals surface area contributed by atoms with Gasteiger partial charge in [0.1, 0.15) is 0 Å². The Bertz CT molecular complexity index is 252. The number of hydrogen-bond acceptors (Lipinski definition) is 2. The van der Waals surface area contributed by atoms with E-state index in [4.69, 9.17) is 4.74 Å². The average Bonchev–Trinajstić information content (AvgIpc) is 2.94. The summed E-state index contributed by atoms with van der Waals surface area (Å²) in [5.74, 6) is 4.67. The Balaban J connectivity index is 2.00. The molecule has 0 bridgehead atoms. The van der Waals surface area contributed by atoms with Gasteiger partial charge in [-0.25, -0.2) is 0 Å². The molecular weight excluding hydrogens is 276 g/mol. The Kier molecular flexibility index (Phi) is 12.5. The van der Waals surface area contributed by atoms with Crippen LogP contribution in [0.1, 0.15) is 71.6 Å². The zero-order chi connectivity index (χ0) is 15.2. The molecule has 1 nitrogen and oxygen atoms in total. The summed E-state index contributed by atoms with van der Waals surface area (Å²) < 4.78 is 5.79. The number of thioether (sulfide) groups is 1. The van der Waals surface area contributed by atoms with Gasteiger partial charge in [0, 0.05) is 6.61 Å². The van der Waals surface area contributed by atoms with E-state index in [1.54, 1.807) is 0 Å². The van der Waals surface area contributed by atoms with Crippen molar-refractivity contribution in [1.29, 1.82) is 0 Å². The lowest BCUT2D eigenvalue weighted by Crippen LogP contribution is -2.15. The summed E-state index contributed by atoms with van der Waals surface area (Å²) >= 11 is 2.17. The fraction of sp³-hybridized carbons (Fsp3) is 0.895. The zero-order valence-corrected chi connectivity index (χ0v) is 15.1. The molecule has 2 atom stereocenters. The summed E-state index contributed by atoms with van der Waals surface area (Å²) in [6.07, 6.45) is 16.5. The molecule has 1 rings (SSSR count). The second kappa shape index (κ2) is 13.7. The van der Waals surface area contributed by atoms with Gasteiger partial charge in [0.05, 0.1) is 6.61 Å². The smallest absolute Gasteiger partial charge is 0.0500 e. The van der Waals surface area contributed by atoms with E-state index < -0.39 is 0 Å². The molecule has 0 aromatic carbocycles. The minimum atomic E-state index is 0.901. The van der Waals surface area contributed by atoms with Gasteiger partial charge in [-0.1, -0.05) is 58.1 Å². The van der Waals surface area contributed by atoms with Crippen molar-refractivity contribution in [1.82, 2.24) is 0 Å². The Morgan fingerprint density at radius 1 is 0.905 bits per heavy atom. The third-order valence-electron chi connectivity index (χ3n) is 4.47. The van der Waals surface area contributed by atoms with Crippen LogP contribution in [0.5, 0.6) is 0 Å². The second-order valence-electron chi connectivity index (χ2n) is 6.33. The molecular formula is C19H36OS. The molecule has 2 unspecified atom stereocenters. The van der Waals surface area contributed by atoms with Crippen molar-refractivity contribution in [2.45, 2.75) is 71.6 Å². The van der Waals surface area contributed by atoms with Crippen molar-refractivity contribution >= 4 is 11.8 Å². The minimum Gasteiger partial charge on any atom is -0.381 e. The first-order valence-corrected chi connectivity index (χ1v) is 10.3. The van der Waals surface area contributed by atoms with Crippen LogP contribution in [0.2, 0.25) is 0 Å². The van der Waals surface area contributed by atoms with Crippen LogP contribution in [-0.4, -0.2) is 24.7 Å². The highest BCUT2D eigenvalue weighted by Gasteiger charge is 2.26. The fourth-order valence-corrected chi connectivity index (χ4v) is 4.68. The predicted octanol–water partition coefficient (Wildman–Crippen LogP) is 6.09. The van der Waals surface area contributed by atoms with Crippen molar-refractivity contribution in [2.75, 3.05) is 24.7 Å². The molecule has 1 aliphatic heterocycles. The third kappa shape index (κ3) is 9.63. The molecule has 0 radical (unpaired) electrons. The molecule has 0 N–H and O–H groups in total. The van der Waals surface area contributed by atoms with Crippen molar-refractivity contribution in [2.24, 2.45) is 11.8 Å². The van der Waals surface area contributed by atoms with Gasteiger partial charge in [0.15, 0.2) is 0 Å². The van der Waals surface area contributed by atoms with Crippen LogP contribution in [0.3, 0.4) is 0 Å². The number of rotatable bonds is 13. The Morgan fingerprint density at radius 3 is 2.43 bits per heavy atom. The molecule has 1 heterocycles.